The summed E-state index contributed by atoms with van der Waals surface area (Å²) in [5.41, 5.74) is -5.11. The number of halogens is 4. The molecule has 0 saturated heterocycles. The molecule has 0 amide bonds. The summed E-state index contributed by atoms with van der Waals surface area (Å²) >= 11 is 2.55. The fourth-order valence-corrected chi connectivity index (χ4v) is 2.31. The second-order valence-electron chi connectivity index (χ2n) is 2.95. The number of carbonyl (C=O) groups is 1. The number of rotatable bonds is 2. The molecule has 0 fully saturated rings. The molecule has 3 nitrogen and oxygen atoms in total. The zero-order valence-electron chi connectivity index (χ0n) is 8.84. The Bertz CT molecular complexity index is 525. The molecule has 1 aromatic carbocycles. The zero-order valence-corrected chi connectivity index (χ0v) is 11.2. The van der Waals surface area contributed by atoms with Crippen LogP contribution in [0.25, 0.3) is 0 Å². The third-order valence-electron chi connectivity index (χ3n) is 1.84. The first-order valence-corrected chi connectivity index (χ1v) is 5.97. The number of ether oxygens (including phenoxy) is 1. The van der Waals surface area contributed by atoms with Gasteiger partial charge in [-0.15, -0.1) is 0 Å². The van der Waals surface area contributed by atoms with E-state index in [0.717, 1.165) is 13.2 Å². The summed E-state index contributed by atoms with van der Waals surface area (Å²) in [6.07, 6.45) is 0. The molecule has 0 radical (unpaired) electrons. The molecule has 0 N–H and O–H groups in total. The third kappa shape index (κ3) is 3.40. The first kappa shape index (κ1) is 14.9. The van der Waals surface area contributed by atoms with Crippen LogP contribution in [0.5, 0.6) is 0 Å². The highest BCUT2D eigenvalue weighted by atomic mass is 79.9. The summed E-state index contributed by atoms with van der Waals surface area (Å²) < 4.78 is 41.5. The molecule has 96 valence electrons. The van der Waals surface area contributed by atoms with E-state index in [4.69, 9.17) is 5.26 Å². The Morgan fingerprint density at radius 2 is 2.11 bits per heavy atom. The van der Waals surface area contributed by atoms with Crippen LogP contribution in [0, 0.1) is 11.3 Å². The van der Waals surface area contributed by atoms with Crippen molar-refractivity contribution in [2.75, 3.05) is 7.11 Å². The van der Waals surface area contributed by atoms with E-state index in [1.165, 1.54) is 6.07 Å². The quantitative estimate of drug-likeness (QED) is 0.608. The Morgan fingerprint density at radius 1 is 1.50 bits per heavy atom. The predicted octanol–water partition coefficient (Wildman–Crippen LogP) is 3.72. The van der Waals surface area contributed by atoms with E-state index in [-0.39, 0.29) is 20.5 Å². The van der Waals surface area contributed by atoms with Crippen molar-refractivity contribution in [1.82, 2.24) is 0 Å². The highest BCUT2D eigenvalue weighted by Crippen LogP contribution is 2.40. The van der Waals surface area contributed by atoms with Gasteiger partial charge in [0.05, 0.1) is 18.2 Å². The number of carbonyl (C=O) groups excluding carboxylic acids is 1. The van der Waals surface area contributed by atoms with E-state index in [0.29, 0.717) is 0 Å². The Hall–Kier alpha value is -1.20. The van der Waals surface area contributed by atoms with Gasteiger partial charge < -0.3 is 4.74 Å². The fraction of sp³-hybridized carbons (Fsp3) is 0.200. The molecule has 0 bridgehead atoms. The summed E-state index contributed by atoms with van der Waals surface area (Å²) in [6, 6.07) is 3.97. The lowest BCUT2D eigenvalue weighted by Crippen LogP contribution is -2.08. The monoisotopic (exact) mass is 339 g/mol. The highest BCUT2D eigenvalue weighted by molar-refractivity contribution is 9.10. The molecule has 0 aliphatic carbocycles. The van der Waals surface area contributed by atoms with Crippen molar-refractivity contribution < 1.29 is 22.7 Å². The normalized spacial score (nSPS) is 10.9. The summed E-state index contributed by atoms with van der Waals surface area (Å²) in [7, 11) is 1.08. The van der Waals surface area contributed by atoms with Gasteiger partial charge in [0.2, 0.25) is 0 Å². The van der Waals surface area contributed by atoms with Crippen molar-refractivity contribution in [2.24, 2.45) is 0 Å². The maximum absolute atomic E-state index is 12.3. The van der Waals surface area contributed by atoms with Crippen molar-refractivity contribution >= 4 is 33.7 Å². The largest absolute Gasteiger partial charge is 0.465 e. The number of methoxy groups -OCH3 is 1. The van der Waals surface area contributed by atoms with Crippen molar-refractivity contribution in [3.05, 3.63) is 27.7 Å². The Balaban J connectivity index is 3.40. The maximum Gasteiger partial charge on any atom is 0.446 e. The topological polar surface area (TPSA) is 50.1 Å². The number of nitrogens with zero attached hydrogens (tertiary/aromatic N) is 1. The minimum atomic E-state index is -4.53. The van der Waals surface area contributed by atoms with Crippen LogP contribution >= 0.6 is 27.7 Å². The molecule has 0 aliphatic heterocycles. The number of benzene rings is 1. The Kier molecular flexibility index (Phi) is 4.65. The van der Waals surface area contributed by atoms with Crippen molar-refractivity contribution in [3.63, 3.8) is 0 Å². The van der Waals surface area contributed by atoms with Gasteiger partial charge in [-0.3, -0.25) is 0 Å². The van der Waals surface area contributed by atoms with Crippen molar-refractivity contribution in [2.45, 2.75) is 10.4 Å². The molecule has 0 aromatic heterocycles. The summed E-state index contributed by atoms with van der Waals surface area (Å²) in [6.45, 7) is 0. The summed E-state index contributed by atoms with van der Waals surface area (Å²) in [5.74, 6) is -0.872. The number of hydrogen-bond acceptors (Lipinski definition) is 4. The molecule has 0 saturated carbocycles. The highest BCUT2D eigenvalue weighted by Gasteiger charge is 2.32. The minimum Gasteiger partial charge on any atom is -0.465 e. The van der Waals surface area contributed by atoms with Crippen LogP contribution in [0.4, 0.5) is 13.2 Å². The number of thioether (sulfide) groups is 1. The Morgan fingerprint density at radius 3 is 2.56 bits per heavy atom. The predicted molar refractivity (Wildman–Crippen MR) is 62.1 cm³/mol. The minimum absolute atomic E-state index is 0.206. The van der Waals surface area contributed by atoms with Crippen LogP contribution in [-0.2, 0) is 4.74 Å². The lowest BCUT2D eigenvalue weighted by Gasteiger charge is -2.11. The summed E-state index contributed by atoms with van der Waals surface area (Å²) in [5, 5.41) is 8.91. The number of nitriles is 1. The van der Waals surface area contributed by atoms with E-state index in [2.05, 4.69) is 20.7 Å². The van der Waals surface area contributed by atoms with Gasteiger partial charge in [-0.25, -0.2) is 4.79 Å². The third-order valence-corrected chi connectivity index (χ3v) is 3.30. The lowest BCUT2D eigenvalue weighted by molar-refractivity contribution is -0.0328. The summed E-state index contributed by atoms with van der Waals surface area (Å²) in [4.78, 5) is 11.1. The average molecular weight is 340 g/mol. The zero-order chi connectivity index (χ0) is 13.9. The second kappa shape index (κ2) is 5.63. The number of esters is 1. The van der Waals surface area contributed by atoms with E-state index in [1.54, 1.807) is 6.07 Å². The SMILES string of the molecule is COC(=O)c1c(Br)ccc(SC(F)(F)F)c1C#N. The first-order valence-electron chi connectivity index (χ1n) is 4.36. The smallest absolute Gasteiger partial charge is 0.446 e. The van der Waals surface area contributed by atoms with Crippen molar-refractivity contribution in [3.8, 4) is 6.07 Å². The van der Waals surface area contributed by atoms with E-state index in [1.807, 2.05) is 0 Å². The van der Waals surface area contributed by atoms with E-state index >= 15 is 0 Å². The second-order valence-corrected chi connectivity index (χ2v) is 4.91. The van der Waals surface area contributed by atoms with Gasteiger partial charge in [0, 0.05) is 9.37 Å². The molecule has 0 unspecified atom stereocenters. The van der Waals surface area contributed by atoms with Gasteiger partial charge in [-0.2, -0.15) is 18.4 Å². The molecule has 8 heteroatoms. The van der Waals surface area contributed by atoms with Crippen LogP contribution < -0.4 is 0 Å². The molecule has 0 aliphatic rings. The standard InChI is InChI=1S/C10H5BrF3NO2S/c1-17-9(16)8-5(4-15)7(3-2-6(8)11)18-10(12,13)14/h2-3H,1H3. The average Bonchev–Trinajstić information content (AvgIpc) is 2.28. The molecule has 18 heavy (non-hydrogen) atoms. The van der Waals surface area contributed by atoms with Crippen LogP contribution in [-0.4, -0.2) is 18.6 Å². The lowest BCUT2D eigenvalue weighted by atomic mass is 10.1. The van der Waals surface area contributed by atoms with Gasteiger partial charge >= 0.3 is 11.5 Å². The molecular weight excluding hydrogens is 335 g/mol. The number of alkyl halides is 3. The van der Waals surface area contributed by atoms with E-state index < -0.39 is 23.2 Å². The van der Waals surface area contributed by atoms with Gasteiger partial charge in [0.1, 0.15) is 6.07 Å². The van der Waals surface area contributed by atoms with Gasteiger partial charge in [0.15, 0.2) is 0 Å². The van der Waals surface area contributed by atoms with Crippen molar-refractivity contribution in [1.29, 1.82) is 5.26 Å². The van der Waals surface area contributed by atoms with Crippen LogP contribution in [0.15, 0.2) is 21.5 Å². The van der Waals surface area contributed by atoms with Crippen LogP contribution in [0.1, 0.15) is 15.9 Å². The molecular formula is C10H5BrF3NO2S. The molecule has 1 aromatic rings. The molecule has 1 rings (SSSR count). The van der Waals surface area contributed by atoms with Gasteiger partial charge in [0.25, 0.3) is 0 Å². The van der Waals surface area contributed by atoms with Gasteiger partial charge in [-0.1, -0.05) is 0 Å². The molecule has 0 heterocycles. The molecule has 0 atom stereocenters. The van der Waals surface area contributed by atoms with E-state index in [9.17, 15) is 18.0 Å². The van der Waals surface area contributed by atoms with Crippen LogP contribution in [0.2, 0.25) is 0 Å². The van der Waals surface area contributed by atoms with Gasteiger partial charge in [-0.05, 0) is 39.8 Å². The molecule has 0 spiro atoms. The van der Waals surface area contributed by atoms with Crippen LogP contribution in [0.3, 0.4) is 0 Å². The fourth-order valence-electron chi connectivity index (χ4n) is 1.18. The maximum atomic E-state index is 12.3. The Labute approximate surface area is 113 Å². The first-order chi connectivity index (χ1) is 8.30. The number of hydrogen-bond donors (Lipinski definition) is 0.